The van der Waals surface area contributed by atoms with Gasteiger partial charge in [-0.05, 0) is 54.1 Å². The first-order valence-corrected chi connectivity index (χ1v) is 9.75. The molecule has 0 bridgehead atoms. The number of hydrogen-bond acceptors (Lipinski definition) is 4. The van der Waals surface area contributed by atoms with Crippen LogP contribution >= 0.6 is 0 Å². The normalized spacial score (nSPS) is 10.5. The predicted octanol–water partition coefficient (Wildman–Crippen LogP) is 3.83. The monoisotopic (exact) mass is 430 g/mol. The van der Waals surface area contributed by atoms with E-state index in [1.807, 2.05) is 6.07 Å². The van der Waals surface area contributed by atoms with Crippen molar-refractivity contribution in [2.75, 3.05) is 0 Å². The maximum Gasteiger partial charge on any atom is 0.272 e. The second kappa shape index (κ2) is 9.13. The number of amides is 2. The van der Waals surface area contributed by atoms with Crippen LogP contribution in [0.2, 0.25) is 0 Å². The molecule has 4 rings (SSSR count). The Morgan fingerprint density at radius 1 is 0.938 bits per heavy atom. The zero-order valence-corrected chi connectivity index (χ0v) is 16.9. The topological polar surface area (TPSA) is 99.2 Å². The van der Waals surface area contributed by atoms with Gasteiger partial charge >= 0.3 is 0 Å². The fraction of sp³-hybridized carbons (Fsp3) is 0.0417. The van der Waals surface area contributed by atoms with Gasteiger partial charge in [-0.3, -0.25) is 9.59 Å². The molecule has 3 aromatic carbocycles. The number of benzene rings is 3. The number of carbonyl (C=O) groups is 2. The van der Waals surface area contributed by atoms with Crippen LogP contribution in [-0.2, 0) is 6.54 Å². The third-order valence-electron chi connectivity index (χ3n) is 4.62. The Bertz CT molecular complexity index is 1240. The first kappa shape index (κ1) is 20.8. The van der Waals surface area contributed by atoms with Crippen LogP contribution < -0.4 is 15.8 Å². The number of carbonyl (C=O) groups excluding carboxylic acids is 2. The van der Waals surface area contributed by atoms with E-state index in [4.69, 9.17) is 10.5 Å². The van der Waals surface area contributed by atoms with Crippen molar-refractivity contribution in [3.8, 4) is 17.2 Å². The molecule has 0 aliphatic heterocycles. The van der Waals surface area contributed by atoms with Crippen molar-refractivity contribution < 1.29 is 18.7 Å². The molecule has 1 aromatic heterocycles. The zero-order valence-electron chi connectivity index (χ0n) is 16.9. The van der Waals surface area contributed by atoms with Crippen LogP contribution in [0, 0.1) is 5.82 Å². The van der Waals surface area contributed by atoms with Crippen LogP contribution in [0.4, 0.5) is 4.39 Å². The molecule has 0 aliphatic rings. The van der Waals surface area contributed by atoms with Gasteiger partial charge in [-0.25, -0.2) is 9.07 Å². The van der Waals surface area contributed by atoms with Crippen molar-refractivity contribution in [1.29, 1.82) is 0 Å². The van der Waals surface area contributed by atoms with Gasteiger partial charge < -0.3 is 15.8 Å². The molecule has 0 spiro atoms. The maximum atomic E-state index is 13.0. The first-order chi connectivity index (χ1) is 15.5. The molecule has 0 saturated heterocycles. The van der Waals surface area contributed by atoms with Crippen molar-refractivity contribution >= 4 is 11.8 Å². The van der Waals surface area contributed by atoms with E-state index in [-0.39, 0.29) is 23.7 Å². The minimum Gasteiger partial charge on any atom is -0.457 e. The Morgan fingerprint density at radius 3 is 2.19 bits per heavy atom. The fourth-order valence-electron chi connectivity index (χ4n) is 3.02. The Kier molecular flexibility index (Phi) is 5.94. The molecule has 4 aromatic rings. The third kappa shape index (κ3) is 4.81. The number of ether oxygens (including phenoxy) is 1. The fourth-order valence-corrected chi connectivity index (χ4v) is 3.02. The summed E-state index contributed by atoms with van der Waals surface area (Å²) in [7, 11) is 0. The molecule has 160 valence electrons. The highest BCUT2D eigenvalue weighted by atomic mass is 19.1. The molecule has 0 radical (unpaired) electrons. The van der Waals surface area contributed by atoms with Gasteiger partial charge in [-0.1, -0.05) is 30.3 Å². The summed E-state index contributed by atoms with van der Waals surface area (Å²) in [6, 6.07) is 23.1. The van der Waals surface area contributed by atoms with E-state index in [2.05, 4.69) is 10.4 Å². The summed E-state index contributed by atoms with van der Waals surface area (Å²) in [6.45, 7) is 0.250. The van der Waals surface area contributed by atoms with Gasteiger partial charge in [-0.2, -0.15) is 5.10 Å². The number of nitrogens with one attached hydrogen (secondary N) is 1. The molecule has 1 heterocycles. The highest BCUT2D eigenvalue weighted by Gasteiger charge is 2.18. The average molecular weight is 430 g/mol. The minimum absolute atomic E-state index is 0.0823. The quantitative estimate of drug-likeness (QED) is 0.465. The molecule has 0 aliphatic carbocycles. The standard InChI is InChI=1S/C24H19FN4O3/c25-17-8-12-20(13-9-17)32-19-10-6-16(7-11-19)15-27-24(31)21-14-22(23(26)30)29(28-21)18-4-2-1-3-5-18/h1-14H,15H2,(H2,26,30)(H,27,31). The molecule has 2 amide bonds. The van der Waals surface area contributed by atoms with Crippen LogP contribution in [0.1, 0.15) is 26.5 Å². The van der Waals surface area contributed by atoms with Gasteiger partial charge in [0, 0.05) is 12.6 Å². The van der Waals surface area contributed by atoms with E-state index in [1.54, 1.807) is 60.7 Å². The number of nitrogens with two attached hydrogens (primary N) is 1. The second-order valence-electron chi connectivity index (χ2n) is 6.91. The van der Waals surface area contributed by atoms with Gasteiger partial charge in [0.2, 0.25) is 0 Å². The van der Waals surface area contributed by atoms with Gasteiger partial charge in [0.1, 0.15) is 23.0 Å². The van der Waals surface area contributed by atoms with Crippen molar-refractivity contribution in [2.24, 2.45) is 5.73 Å². The summed E-state index contributed by atoms with van der Waals surface area (Å²) in [4.78, 5) is 24.4. The highest BCUT2D eigenvalue weighted by Crippen LogP contribution is 2.22. The Balaban J connectivity index is 1.41. The summed E-state index contributed by atoms with van der Waals surface area (Å²) < 4.78 is 20.0. The van der Waals surface area contributed by atoms with Gasteiger partial charge in [0.25, 0.3) is 11.8 Å². The predicted molar refractivity (Wildman–Crippen MR) is 116 cm³/mol. The van der Waals surface area contributed by atoms with E-state index < -0.39 is 11.8 Å². The van der Waals surface area contributed by atoms with Crippen LogP contribution in [0.25, 0.3) is 5.69 Å². The minimum atomic E-state index is -0.683. The van der Waals surface area contributed by atoms with Gasteiger partial charge in [-0.15, -0.1) is 0 Å². The number of halogens is 1. The maximum absolute atomic E-state index is 13.0. The smallest absolute Gasteiger partial charge is 0.272 e. The molecular weight excluding hydrogens is 411 g/mol. The summed E-state index contributed by atoms with van der Waals surface area (Å²) in [5, 5.41) is 7.01. The summed E-state index contributed by atoms with van der Waals surface area (Å²) in [5.41, 5.74) is 7.10. The lowest BCUT2D eigenvalue weighted by Crippen LogP contribution is -2.23. The lowest BCUT2D eigenvalue weighted by atomic mass is 10.2. The van der Waals surface area contributed by atoms with E-state index >= 15 is 0 Å². The van der Waals surface area contributed by atoms with Crippen molar-refractivity contribution in [2.45, 2.75) is 6.54 Å². The Labute approximate surface area is 183 Å². The van der Waals surface area contributed by atoms with Crippen molar-refractivity contribution in [3.63, 3.8) is 0 Å². The number of aromatic nitrogens is 2. The van der Waals surface area contributed by atoms with E-state index in [0.717, 1.165) is 5.56 Å². The molecule has 0 atom stereocenters. The number of para-hydroxylation sites is 1. The number of primary amides is 1. The lowest BCUT2D eigenvalue weighted by Gasteiger charge is -2.07. The van der Waals surface area contributed by atoms with Gasteiger partial charge in [0.15, 0.2) is 5.69 Å². The highest BCUT2D eigenvalue weighted by molar-refractivity contribution is 5.97. The number of nitrogens with zero attached hydrogens (tertiary/aromatic N) is 2. The van der Waals surface area contributed by atoms with Crippen LogP contribution in [-0.4, -0.2) is 21.6 Å². The summed E-state index contributed by atoms with van der Waals surface area (Å²) in [6.07, 6.45) is 0. The molecule has 3 N–H and O–H groups in total. The SMILES string of the molecule is NC(=O)c1cc(C(=O)NCc2ccc(Oc3ccc(F)cc3)cc2)nn1-c1ccccc1. The Morgan fingerprint density at radius 2 is 1.56 bits per heavy atom. The molecular formula is C24H19FN4O3. The third-order valence-corrected chi connectivity index (χ3v) is 4.62. The average Bonchev–Trinajstić information content (AvgIpc) is 3.27. The number of hydrogen-bond donors (Lipinski definition) is 2. The molecule has 8 heteroatoms. The van der Waals surface area contributed by atoms with Crippen LogP contribution in [0.15, 0.2) is 84.9 Å². The summed E-state index contributed by atoms with van der Waals surface area (Å²) in [5.74, 6) is -0.350. The first-order valence-electron chi connectivity index (χ1n) is 9.75. The van der Waals surface area contributed by atoms with Gasteiger partial charge in [0.05, 0.1) is 5.69 Å². The van der Waals surface area contributed by atoms with Crippen molar-refractivity contribution in [3.05, 3.63) is 108 Å². The van der Waals surface area contributed by atoms with E-state index in [0.29, 0.717) is 17.2 Å². The summed E-state index contributed by atoms with van der Waals surface area (Å²) >= 11 is 0. The molecule has 0 saturated carbocycles. The van der Waals surface area contributed by atoms with Crippen LogP contribution in [0.5, 0.6) is 11.5 Å². The van der Waals surface area contributed by atoms with E-state index in [9.17, 15) is 14.0 Å². The van der Waals surface area contributed by atoms with Crippen LogP contribution in [0.3, 0.4) is 0 Å². The zero-order chi connectivity index (χ0) is 22.5. The Hall–Kier alpha value is -4.46. The molecule has 0 unspecified atom stereocenters. The second-order valence-corrected chi connectivity index (χ2v) is 6.91. The largest absolute Gasteiger partial charge is 0.457 e. The number of rotatable bonds is 7. The lowest BCUT2D eigenvalue weighted by molar-refractivity contribution is 0.0944. The van der Waals surface area contributed by atoms with Crippen molar-refractivity contribution in [1.82, 2.24) is 15.1 Å². The molecule has 32 heavy (non-hydrogen) atoms. The van der Waals surface area contributed by atoms with E-state index in [1.165, 1.54) is 22.9 Å². The molecule has 7 nitrogen and oxygen atoms in total. The molecule has 0 fully saturated rings.